The second kappa shape index (κ2) is 4.26. The third-order valence-electron chi connectivity index (χ3n) is 3.82. The first-order valence-electron chi connectivity index (χ1n) is 5.88. The van der Waals surface area contributed by atoms with Crippen LogP contribution in [-0.4, -0.2) is 7.05 Å². The maximum Gasteiger partial charge on any atom is 0.0380 e. The molecule has 2 rings (SSSR count). The van der Waals surface area contributed by atoms with Gasteiger partial charge >= 0.3 is 0 Å². The van der Waals surface area contributed by atoms with E-state index in [1.54, 1.807) is 0 Å². The van der Waals surface area contributed by atoms with Crippen LogP contribution < -0.4 is 5.32 Å². The Morgan fingerprint density at radius 1 is 1.40 bits per heavy atom. The second-order valence-corrected chi connectivity index (χ2v) is 6.19. The van der Waals surface area contributed by atoms with Crippen LogP contribution in [0.15, 0.2) is 11.4 Å². The highest BCUT2D eigenvalue weighted by Crippen LogP contribution is 2.47. The van der Waals surface area contributed by atoms with Gasteiger partial charge in [-0.2, -0.15) is 0 Å². The van der Waals surface area contributed by atoms with Crippen LogP contribution >= 0.6 is 11.3 Å². The van der Waals surface area contributed by atoms with Gasteiger partial charge < -0.3 is 5.32 Å². The summed E-state index contributed by atoms with van der Waals surface area (Å²) in [6.45, 7) is 4.63. The van der Waals surface area contributed by atoms with E-state index < -0.39 is 0 Å². The fourth-order valence-electron chi connectivity index (χ4n) is 3.00. The minimum Gasteiger partial charge on any atom is -0.313 e. The van der Waals surface area contributed by atoms with E-state index >= 15 is 0 Å². The minimum absolute atomic E-state index is 0.474. The standard InChI is InChI=1S/C13H21NS/c1-10-8-11(9-15-10)12(14-3)13(2)6-4-5-7-13/h8-9,12,14H,4-7H2,1-3H3. The van der Waals surface area contributed by atoms with Crippen LogP contribution in [-0.2, 0) is 0 Å². The molecule has 1 aliphatic carbocycles. The quantitative estimate of drug-likeness (QED) is 0.819. The van der Waals surface area contributed by atoms with Gasteiger partial charge in [0.25, 0.3) is 0 Å². The third-order valence-corrected chi connectivity index (χ3v) is 4.70. The lowest BCUT2D eigenvalue weighted by atomic mass is 9.78. The molecule has 15 heavy (non-hydrogen) atoms. The van der Waals surface area contributed by atoms with Crippen LogP contribution in [0.25, 0.3) is 0 Å². The number of hydrogen-bond donors (Lipinski definition) is 1. The Labute approximate surface area is 96.9 Å². The Hall–Kier alpha value is -0.340. The van der Waals surface area contributed by atoms with Crippen molar-refractivity contribution in [3.05, 3.63) is 21.9 Å². The molecule has 1 aliphatic rings. The zero-order chi connectivity index (χ0) is 10.9. The molecule has 1 aromatic heterocycles. The summed E-state index contributed by atoms with van der Waals surface area (Å²) < 4.78 is 0. The lowest BCUT2D eigenvalue weighted by Gasteiger charge is -2.33. The molecule has 1 N–H and O–H groups in total. The molecule has 1 fully saturated rings. The Bertz CT molecular complexity index is 323. The van der Waals surface area contributed by atoms with E-state index in [1.165, 1.54) is 36.1 Å². The molecule has 1 heterocycles. The monoisotopic (exact) mass is 223 g/mol. The van der Waals surface area contributed by atoms with E-state index in [0.717, 1.165) is 0 Å². The summed E-state index contributed by atoms with van der Waals surface area (Å²) in [7, 11) is 2.10. The summed E-state index contributed by atoms with van der Waals surface area (Å²) in [5.74, 6) is 0. The van der Waals surface area contributed by atoms with Crippen molar-refractivity contribution in [3.8, 4) is 0 Å². The molecular weight excluding hydrogens is 202 g/mol. The summed E-state index contributed by atoms with van der Waals surface area (Å²) in [4.78, 5) is 1.42. The van der Waals surface area contributed by atoms with Crippen LogP contribution in [0, 0.1) is 12.3 Å². The summed E-state index contributed by atoms with van der Waals surface area (Å²) >= 11 is 1.87. The molecule has 0 amide bonds. The van der Waals surface area contributed by atoms with Crippen molar-refractivity contribution >= 4 is 11.3 Å². The van der Waals surface area contributed by atoms with Crippen LogP contribution in [0.4, 0.5) is 0 Å². The van der Waals surface area contributed by atoms with Gasteiger partial charge in [-0.25, -0.2) is 0 Å². The van der Waals surface area contributed by atoms with Crippen molar-refractivity contribution in [2.24, 2.45) is 5.41 Å². The smallest absolute Gasteiger partial charge is 0.0380 e. The maximum absolute atomic E-state index is 3.52. The lowest BCUT2D eigenvalue weighted by Crippen LogP contribution is -2.31. The Balaban J connectivity index is 2.23. The van der Waals surface area contributed by atoms with Crippen molar-refractivity contribution in [2.75, 3.05) is 7.05 Å². The predicted molar refractivity (Wildman–Crippen MR) is 67.4 cm³/mol. The topological polar surface area (TPSA) is 12.0 Å². The zero-order valence-corrected chi connectivity index (χ0v) is 10.8. The number of hydrogen-bond acceptors (Lipinski definition) is 2. The molecule has 84 valence electrons. The molecular formula is C13H21NS. The maximum atomic E-state index is 3.52. The Morgan fingerprint density at radius 3 is 2.53 bits per heavy atom. The lowest BCUT2D eigenvalue weighted by molar-refractivity contribution is 0.234. The van der Waals surface area contributed by atoms with Crippen LogP contribution in [0.5, 0.6) is 0 Å². The van der Waals surface area contributed by atoms with E-state index in [-0.39, 0.29) is 0 Å². The van der Waals surface area contributed by atoms with Crippen molar-refractivity contribution in [1.82, 2.24) is 5.32 Å². The first-order chi connectivity index (χ1) is 7.15. The molecule has 1 unspecified atom stereocenters. The second-order valence-electron chi connectivity index (χ2n) is 5.07. The Morgan fingerprint density at radius 2 is 2.07 bits per heavy atom. The number of nitrogens with one attached hydrogen (secondary N) is 1. The highest BCUT2D eigenvalue weighted by Gasteiger charge is 2.37. The van der Waals surface area contributed by atoms with Crippen molar-refractivity contribution < 1.29 is 0 Å². The largest absolute Gasteiger partial charge is 0.313 e. The van der Waals surface area contributed by atoms with Gasteiger partial charge in [-0.3, -0.25) is 0 Å². The van der Waals surface area contributed by atoms with Crippen LogP contribution in [0.3, 0.4) is 0 Å². The van der Waals surface area contributed by atoms with E-state index in [2.05, 4.69) is 37.7 Å². The van der Waals surface area contributed by atoms with Gasteiger partial charge in [0.1, 0.15) is 0 Å². The van der Waals surface area contributed by atoms with Gasteiger partial charge in [-0.15, -0.1) is 11.3 Å². The molecule has 0 saturated heterocycles. The van der Waals surface area contributed by atoms with Gasteiger partial charge in [-0.1, -0.05) is 19.8 Å². The van der Waals surface area contributed by atoms with E-state index in [4.69, 9.17) is 0 Å². The SMILES string of the molecule is CNC(c1csc(C)c1)C1(C)CCCC1. The molecule has 0 spiro atoms. The predicted octanol–water partition coefficient (Wildman–Crippen LogP) is 3.90. The average Bonchev–Trinajstić information content (AvgIpc) is 2.78. The van der Waals surface area contributed by atoms with Crippen LogP contribution in [0.2, 0.25) is 0 Å². The third kappa shape index (κ3) is 2.11. The molecule has 1 saturated carbocycles. The van der Waals surface area contributed by atoms with Crippen molar-refractivity contribution in [2.45, 2.75) is 45.6 Å². The minimum atomic E-state index is 0.474. The number of rotatable bonds is 3. The van der Waals surface area contributed by atoms with Crippen LogP contribution in [0.1, 0.15) is 49.1 Å². The highest BCUT2D eigenvalue weighted by molar-refractivity contribution is 7.10. The zero-order valence-electron chi connectivity index (χ0n) is 9.97. The molecule has 0 radical (unpaired) electrons. The first kappa shape index (κ1) is 11.2. The summed E-state index contributed by atoms with van der Waals surface area (Å²) in [5.41, 5.74) is 1.96. The first-order valence-corrected chi connectivity index (χ1v) is 6.76. The van der Waals surface area contributed by atoms with Gasteiger partial charge in [-0.05, 0) is 49.2 Å². The summed E-state index contributed by atoms with van der Waals surface area (Å²) in [6, 6.07) is 2.89. The molecule has 0 aliphatic heterocycles. The molecule has 1 atom stereocenters. The number of thiophene rings is 1. The average molecular weight is 223 g/mol. The fraction of sp³-hybridized carbons (Fsp3) is 0.692. The molecule has 0 aromatic carbocycles. The molecule has 0 bridgehead atoms. The van der Waals surface area contributed by atoms with Gasteiger partial charge in [0, 0.05) is 10.9 Å². The van der Waals surface area contributed by atoms with Gasteiger partial charge in [0.05, 0.1) is 0 Å². The molecule has 1 aromatic rings. The Kier molecular flexibility index (Phi) is 3.17. The number of aryl methyl sites for hydroxylation is 1. The summed E-state index contributed by atoms with van der Waals surface area (Å²) in [5, 5.41) is 5.84. The molecule has 1 nitrogen and oxygen atoms in total. The summed E-state index contributed by atoms with van der Waals surface area (Å²) in [6.07, 6.45) is 5.54. The van der Waals surface area contributed by atoms with E-state index in [9.17, 15) is 0 Å². The van der Waals surface area contributed by atoms with Crippen molar-refractivity contribution in [3.63, 3.8) is 0 Å². The van der Waals surface area contributed by atoms with Crippen molar-refractivity contribution in [1.29, 1.82) is 0 Å². The normalized spacial score (nSPS) is 21.8. The molecule has 2 heteroatoms. The highest BCUT2D eigenvalue weighted by atomic mass is 32.1. The van der Waals surface area contributed by atoms with E-state index in [0.29, 0.717) is 11.5 Å². The van der Waals surface area contributed by atoms with Gasteiger partial charge in [0.15, 0.2) is 0 Å². The fourth-order valence-corrected chi connectivity index (χ4v) is 3.73. The van der Waals surface area contributed by atoms with Gasteiger partial charge in [0.2, 0.25) is 0 Å². The van der Waals surface area contributed by atoms with E-state index in [1.807, 2.05) is 11.3 Å².